The van der Waals surface area contributed by atoms with E-state index in [9.17, 15) is 8.42 Å². The largest absolute Gasteiger partial charge is 0.396 e. The van der Waals surface area contributed by atoms with Gasteiger partial charge in [-0.2, -0.15) is 4.31 Å². The summed E-state index contributed by atoms with van der Waals surface area (Å²) in [6.07, 6.45) is 1.43. The highest BCUT2D eigenvalue weighted by atomic mass is 32.2. The maximum atomic E-state index is 12.2. The van der Waals surface area contributed by atoms with Crippen molar-refractivity contribution in [3.8, 4) is 0 Å². The summed E-state index contributed by atoms with van der Waals surface area (Å²) in [6, 6.07) is 6.77. The molecule has 0 heterocycles. The quantitative estimate of drug-likeness (QED) is 0.771. The Morgan fingerprint density at radius 3 is 2.42 bits per heavy atom. The van der Waals surface area contributed by atoms with E-state index in [0.717, 1.165) is 12.0 Å². The zero-order chi connectivity index (χ0) is 14.3. The predicted octanol–water partition coefficient (Wildman–Crippen LogP) is 0.878. The molecule has 1 rings (SSSR count). The summed E-state index contributed by atoms with van der Waals surface area (Å²) < 4.78 is 30.5. The average Bonchev–Trinajstić information content (AvgIpc) is 2.42. The molecule has 0 radical (unpaired) electrons. The molecule has 0 unspecified atom stereocenters. The van der Waals surface area contributed by atoms with Crippen LogP contribution in [0.25, 0.3) is 0 Å². The molecule has 0 saturated heterocycles. The summed E-state index contributed by atoms with van der Waals surface area (Å²) in [6.45, 7) is 0.829. The molecule has 6 heteroatoms. The van der Waals surface area contributed by atoms with Crippen molar-refractivity contribution in [3.63, 3.8) is 0 Å². The van der Waals surface area contributed by atoms with Gasteiger partial charge in [-0.05, 0) is 30.5 Å². The molecule has 0 aliphatic carbocycles. The van der Waals surface area contributed by atoms with Crippen molar-refractivity contribution in [2.45, 2.75) is 17.7 Å². The van der Waals surface area contributed by atoms with Crippen LogP contribution in [-0.4, -0.2) is 51.7 Å². The molecule has 0 amide bonds. The van der Waals surface area contributed by atoms with Crippen molar-refractivity contribution in [2.24, 2.45) is 0 Å². The fourth-order valence-electron chi connectivity index (χ4n) is 1.63. The van der Waals surface area contributed by atoms with Gasteiger partial charge in [-0.25, -0.2) is 8.42 Å². The Bertz CT molecular complexity index is 470. The van der Waals surface area contributed by atoms with Crippen LogP contribution in [0.3, 0.4) is 0 Å². The summed E-state index contributed by atoms with van der Waals surface area (Å²) in [7, 11) is -0.371. The van der Waals surface area contributed by atoms with Crippen molar-refractivity contribution in [1.29, 1.82) is 0 Å². The standard InChI is InChI=1S/C13H21NO4S/c1-14(9-11-18-2)19(16,17)13-7-5-12(6-8-13)4-3-10-15/h5-8,15H,3-4,9-11H2,1-2H3. The lowest BCUT2D eigenvalue weighted by Gasteiger charge is -2.16. The molecule has 19 heavy (non-hydrogen) atoms. The van der Waals surface area contributed by atoms with E-state index >= 15 is 0 Å². The first kappa shape index (κ1) is 16.1. The van der Waals surface area contributed by atoms with E-state index in [1.165, 1.54) is 18.5 Å². The van der Waals surface area contributed by atoms with Gasteiger partial charge in [-0.15, -0.1) is 0 Å². The van der Waals surface area contributed by atoms with Crippen LogP contribution in [0.4, 0.5) is 0 Å². The number of likely N-dealkylation sites (N-methyl/N-ethyl adjacent to an activating group) is 1. The summed E-state index contributed by atoms with van der Waals surface area (Å²) >= 11 is 0. The van der Waals surface area contributed by atoms with Gasteiger partial charge in [0.15, 0.2) is 0 Å². The highest BCUT2D eigenvalue weighted by Gasteiger charge is 2.19. The van der Waals surface area contributed by atoms with E-state index in [4.69, 9.17) is 9.84 Å². The maximum absolute atomic E-state index is 12.2. The molecule has 1 aromatic carbocycles. The van der Waals surface area contributed by atoms with E-state index in [-0.39, 0.29) is 11.5 Å². The van der Waals surface area contributed by atoms with Gasteiger partial charge in [0.05, 0.1) is 11.5 Å². The van der Waals surface area contributed by atoms with Crippen LogP contribution in [-0.2, 0) is 21.2 Å². The van der Waals surface area contributed by atoms with Crippen LogP contribution < -0.4 is 0 Å². The minimum absolute atomic E-state index is 0.139. The molecule has 0 atom stereocenters. The highest BCUT2D eigenvalue weighted by molar-refractivity contribution is 7.89. The number of hydrogen-bond donors (Lipinski definition) is 1. The molecule has 108 valence electrons. The van der Waals surface area contributed by atoms with Crippen LogP contribution in [0.5, 0.6) is 0 Å². The highest BCUT2D eigenvalue weighted by Crippen LogP contribution is 2.15. The average molecular weight is 287 g/mol. The second-order valence-electron chi connectivity index (χ2n) is 4.29. The third-order valence-corrected chi connectivity index (χ3v) is 4.74. The molecule has 1 aromatic rings. The number of nitrogens with zero attached hydrogens (tertiary/aromatic N) is 1. The lowest BCUT2D eigenvalue weighted by molar-refractivity contribution is 0.185. The molecular formula is C13H21NO4S. The van der Waals surface area contributed by atoms with Crippen molar-refractivity contribution in [1.82, 2.24) is 4.31 Å². The first-order chi connectivity index (χ1) is 9.02. The molecule has 0 aliphatic heterocycles. The van der Waals surface area contributed by atoms with Gasteiger partial charge in [-0.3, -0.25) is 0 Å². The number of hydrogen-bond acceptors (Lipinski definition) is 4. The van der Waals surface area contributed by atoms with Gasteiger partial charge in [0.25, 0.3) is 0 Å². The fourth-order valence-corrected chi connectivity index (χ4v) is 2.79. The third kappa shape index (κ3) is 4.58. The molecule has 0 bridgehead atoms. The van der Waals surface area contributed by atoms with Crippen LogP contribution in [0, 0.1) is 0 Å². The van der Waals surface area contributed by atoms with Crippen molar-refractivity contribution >= 4 is 10.0 Å². The van der Waals surface area contributed by atoms with Gasteiger partial charge in [0, 0.05) is 27.3 Å². The Labute approximate surface area is 114 Å². The Balaban J connectivity index is 2.78. The van der Waals surface area contributed by atoms with Crippen LogP contribution in [0.15, 0.2) is 29.2 Å². The van der Waals surface area contributed by atoms with E-state index in [1.807, 2.05) is 0 Å². The number of sulfonamides is 1. The number of ether oxygens (including phenoxy) is 1. The van der Waals surface area contributed by atoms with Gasteiger partial charge in [0.1, 0.15) is 0 Å². The number of aryl methyl sites for hydroxylation is 1. The number of benzene rings is 1. The zero-order valence-corrected chi connectivity index (χ0v) is 12.2. The van der Waals surface area contributed by atoms with E-state index < -0.39 is 10.0 Å². The Morgan fingerprint density at radius 1 is 1.26 bits per heavy atom. The van der Waals surface area contributed by atoms with Crippen molar-refractivity contribution in [3.05, 3.63) is 29.8 Å². The molecule has 0 fully saturated rings. The SMILES string of the molecule is COCCN(C)S(=O)(=O)c1ccc(CCCO)cc1. The number of rotatable bonds is 8. The molecule has 0 aliphatic rings. The lowest BCUT2D eigenvalue weighted by Crippen LogP contribution is -2.30. The Morgan fingerprint density at radius 2 is 1.89 bits per heavy atom. The molecule has 0 saturated carbocycles. The zero-order valence-electron chi connectivity index (χ0n) is 11.4. The first-order valence-electron chi connectivity index (χ1n) is 6.17. The van der Waals surface area contributed by atoms with Gasteiger partial charge < -0.3 is 9.84 Å². The van der Waals surface area contributed by atoms with E-state index in [2.05, 4.69) is 0 Å². The van der Waals surface area contributed by atoms with E-state index in [0.29, 0.717) is 19.6 Å². The number of aliphatic hydroxyl groups excluding tert-OH is 1. The molecule has 0 aromatic heterocycles. The Kier molecular flexibility index (Phi) is 6.44. The number of aliphatic hydroxyl groups is 1. The summed E-state index contributed by atoms with van der Waals surface area (Å²) in [4.78, 5) is 0.277. The predicted molar refractivity (Wildman–Crippen MR) is 73.5 cm³/mol. The molecule has 1 N–H and O–H groups in total. The smallest absolute Gasteiger partial charge is 0.242 e. The van der Waals surface area contributed by atoms with Crippen molar-refractivity contribution < 1.29 is 18.3 Å². The lowest BCUT2D eigenvalue weighted by atomic mass is 10.1. The summed E-state index contributed by atoms with van der Waals surface area (Å²) in [5, 5.41) is 8.75. The normalized spacial score (nSPS) is 12.0. The van der Waals surface area contributed by atoms with Crippen LogP contribution in [0.1, 0.15) is 12.0 Å². The van der Waals surface area contributed by atoms with Crippen LogP contribution >= 0.6 is 0 Å². The van der Waals surface area contributed by atoms with Gasteiger partial charge in [-0.1, -0.05) is 12.1 Å². The minimum atomic E-state index is -3.44. The topological polar surface area (TPSA) is 66.8 Å². The van der Waals surface area contributed by atoms with Crippen LogP contribution in [0.2, 0.25) is 0 Å². The molecule has 5 nitrogen and oxygen atoms in total. The minimum Gasteiger partial charge on any atom is -0.396 e. The van der Waals surface area contributed by atoms with Crippen molar-refractivity contribution in [2.75, 3.05) is 33.9 Å². The second kappa shape index (κ2) is 7.59. The van der Waals surface area contributed by atoms with Gasteiger partial charge in [0.2, 0.25) is 10.0 Å². The second-order valence-corrected chi connectivity index (χ2v) is 6.34. The maximum Gasteiger partial charge on any atom is 0.242 e. The summed E-state index contributed by atoms with van der Waals surface area (Å²) in [5.74, 6) is 0. The van der Waals surface area contributed by atoms with E-state index in [1.54, 1.807) is 24.3 Å². The summed E-state index contributed by atoms with van der Waals surface area (Å²) in [5.41, 5.74) is 1.02. The molecular weight excluding hydrogens is 266 g/mol. The fraction of sp³-hybridized carbons (Fsp3) is 0.538. The third-order valence-electron chi connectivity index (χ3n) is 2.87. The monoisotopic (exact) mass is 287 g/mol. The Hall–Kier alpha value is -0.950. The van der Waals surface area contributed by atoms with Gasteiger partial charge >= 0.3 is 0 Å². The molecule has 0 spiro atoms. The number of methoxy groups -OCH3 is 1. The first-order valence-corrected chi connectivity index (χ1v) is 7.61.